The quantitative estimate of drug-likeness (QED) is 0.441. The molecule has 1 aliphatic heterocycles. The maximum Gasteiger partial charge on any atom is 0.272 e. The van der Waals surface area contributed by atoms with Gasteiger partial charge in [-0.05, 0) is 48.4 Å². The van der Waals surface area contributed by atoms with Gasteiger partial charge in [-0.2, -0.15) is 10.5 Å². The molecule has 3 aromatic heterocycles. The van der Waals surface area contributed by atoms with E-state index in [1.54, 1.807) is 35.4 Å². The summed E-state index contributed by atoms with van der Waals surface area (Å²) in [5.74, 6) is 0.394. The van der Waals surface area contributed by atoms with Crippen LogP contribution in [0, 0.1) is 17.1 Å². The van der Waals surface area contributed by atoms with Gasteiger partial charge in [-0.1, -0.05) is 12.1 Å². The van der Waals surface area contributed by atoms with Gasteiger partial charge in [0.05, 0.1) is 11.6 Å². The van der Waals surface area contributed by atoms with Gasteiger partial charge in [-0.3, -0.25) is 9.78 Å². The molecule has 0 saturated carbocycles. The lowest BCUT2D eigenvalue weighted by atomic mass is 9.93. The van der Waals surface area contributed by atoms with Crippen LogP contribution in [0.15, 0.2) is 54.7 Å². The first-order valence-corrected chi connectivity index (χ1v) is 11.4. The van der Waals surface area contributed by atoms with Crippen LogP contribution in [0.2, 0.25) is 0 Å². The summed E-state index contributed by atoms with van der Waals surface area (Å²) < 4.78 is 19.8. The van der Waals surface area contributed by atoms with Gasteiger partial charge in [0.1, 0.15) is 18.1 Å². The average Bonchev–Trinajstić information content (AvgIpc) is 3.47. The molecule has 1 fully saturated rings. The minimum atomic E-state index is -0.485. The number of benzene rings is 1. The standard InChI is InChI=1S/C25H21FN8O2/c26-20-12-16(13-27)4-5-19(20)15-36-23-3-1-2-21(29-23)17-8-10-34(11-9-17)25(35)22-7-6-18(14-28-22)24-30-32-33-31-24/h1-7,12,14,17H,8-11,15H2,(H,30,31,32,33). The van der Waals surface area contributed by atoms with Crippen molar-refractivity contribution in [1.82, 2.24) is 35.5 Å². The van der Waals surface area contributed by atoms with Gasteiger partial charge in [0.2, 0.25) is 11.7 Å². The highest BCUT2D eigenvalue weighted by Gasteiger charge is 2.26. The first-order valence-electron chi connectivity index (χ1n) is 11.4. The highest BCUT2D eigenvalue weighted by molar-refractivity contribution is 5.92. The summed E-state index contributed by atoms with van der Waals surface area (Å²) in [7, 11) is 0. The third kappa shape index (κ3) is 5.02. The minimum Gasteiger partial charge on any atom is -0.473 e. The molecule has 5 rings (SSSR count). The molecule has 1 aromatic carbocycles. The highest BCUT2D eigenvalue weighted by atomic mass is 19.1. The highest BCUT2D eigenvalue weighted by Crippen LogP contribution is 2.29. The second-order valence-electron chi connectivity index (χ2n) is 8.34. The molecule has 0 bridgehead atoms. The van der Waals surface area contributed by atoms with Crippen LogP contribution < -0.4 is 4.74 Å². The summed E-state index contributed by atoms with van der Waals surface area (Å²) in [5, 5.41) is 22.6. The van der Waals surface area contributed by atoms with Crippen LogP contribution in [-0.2, 0) is 6.61 Å². The number of nitriles is 1. The average molecular weight is 484 g/mol. The number of ether oxygens (including phenoxy) is 1. The number of aromatic amines is 1. The molecule has 4 aromatic rings. The molecule has 1 N–H and O–H groups in total. The Morgan fingerprint density at radius 3 is 2.75 bits per heavy atom. The zero-order valence-electron chi connectivity index (χ0n) is 19.1. The number of nitrogens with one attached hydrogen (secondary N) is 1. The number of piperidine rings is 1. The maximum absolute atomic E-state index is 14.1. The van der Waals surface area contributed by atoms with Crippen LogP contribution in [0.25, 0.3) is 11.4 Å². The van der Waals surface area contributed by atoms with E-state index in [2.05, 4.69) is 30.6 Å². The van der Waals surface area contributed by atoms with E-state index in [-0.39, 0.29) is 24.0 Å². The molecular formula is C25H21FN8O2. The lowest BCUT2D eigenvalue weighted by Gasteiger charge is -2.31. The first kappa shape index (κ1) is 23.0. The van der Waals surface area contributed by atoms with Gasteiger partial charge in [-0.15, -0.1) is 10.2 Å². The molecule has 0 unspecified atom stereocenters. The minimum absolute atomic E-state index is 0.0133. The number of hydrogen-bond donors (Lipinski definition) is 1. The fourth-order valence-corrected chi connectivity index (χ4v) is 4.10. The lowest BCUT2D eigenvalue weighted by molar-refractivity contribution is 0.0706. The summed E-state index contributed by atoms with van der Waals surface area (Å²) in [6.07, 6.45) is 3.07. The van der Waals surface area contributed by atoms with Gasteiger partial charge in [0.15, 0.2) is 0 Å². The number of H-pyrrole nitrogens is 1. The van der Waals surface area contributed by atoms with E-state index in [1.807, 2.05) is 18.2 Å². The number of rotatable bonds is 6. The molecule has 4 heterocycles. The molecule has 1 saturated heterocycles. The second kappa shape index (κ2) is 10.3. The molecule has 10 nitrogen and oxygen atoms in total. The zero-order chi connectivity index (χ0) is 24.9. The van der Waals surface area contributed by atoms with E-state index in [0.717, 1.165) is 18.5 Å². The van der Waals surface area contributed by atoms with E-state index in [1.165, 1.54) is 12.1 Å². The van der Waals surface area contributed by atoms with Crippen molar-refractivity contribution in [3.63, 3.8) is 0 Å². The van der Waals surface area contributed by atoms with Crippen molar-refractivity contribution in [1.29, 1.82) is 5.26 Å². The number of halogens is 1. The van der Waals surface area contributed by atoms with Crippen molar-refractivity contribution in [3.8, 4) is 23.3 Å². The van der Waals surface area contributed by atoms with E-state index in [9.17, 15) is 9.18 Å². The van der Waals surface area contributed by atoms with E-state index in [0.29, 0.717) is 41.6 Å². The predicted octanol–water partition coefficient (Wildman–Crippen LogP) is 3.27. The Morgan fingerprint density at radius 1 is 1.19 bits per heavy atom. The largest absolute Gasteiger partial charge is 0.473 e. The molecule has 1 aliphatic rings. The molecule has 36 heavy (non-hydrogen) atoms. The maximum atomic E-state index is 14.1. The van der Waals surface area contributed by atoms with Gasteiger partial charge in [0.25, 0.3) is 5.91 Å². The summed E-state index contributed by atoms with van der Waals surface area (Å²) >= 11 is 0. The number of carbonyl (C=O) groups excluding carboxylic acids is 1. The Morgan fingerprint density at radius 2 is 2.06 bits per heavy atom. The van der Waals surface area contributed by atoms with Crippen LogP contribution in [0.5, 0.6) is 5.88 Å². The number of likely N-dealkylation sites (tertiary alicyclic amines) is 1. The molecule has 11 heteroatoms. The normalized spacial score (nSPS) is 13.8. The smallest absolute Gasteiger partial charge is 0.272 e. The van der Waals surface area contributed by atoms with E-state index < -0.39 is 5.82 Å². The van der Waals surface area contributed by atoms with Crippen molar-refractivity contribution in [2.45, 2.75) is 25.4 Å². The van der Waals surface area contributed by atoms with Crippen molar-refractivity contribution in [3.05, 3.63) is 83.1 Å². The third-order valence-electron chi connectivity index (χ3n) is 6.09. The summed E-state index contributed by atoms with van der Waals surface area (Å²) in [6.45, 7) is 1.18. The van der Waals surface area contributed by atoms with Crippen LogP contribution >= 0.6 is 0 Å². The molecule has 0 radical (unpaired) electrons. The van der Waals surface area contributed by atoms with Gasteiger partial charge >= 0.3 is 0 Å². The Labute approximate surface area is 205 Å². The van der Waals surface area contributed by atoms with Crippen molar-refractivity contribution < 1.29 is 13.9 Å². The number of carbonyl (C=O) groups is 1. The second-order valence-corrected chi connectivity index (χ2v) is 8.34. The number of pyridine rings is 2. The van der Waals surface area contributed by atoms with E-state index in [4.69, 9.17) is 10.00 Å². The predicted molar refractivity (Wildman–Crippen MR) is 125 cm³/mol. The number of amides is 1. The monoisotopic (exact) mass is 484 g/mol. The fourth-order valence-electron chi connectivity index (χ4n) is 4.10. The Hall–Kier alpha value is -4.72. The SMILES string of the molecule is N#Cc1ccc(COc2cccc(C3CCN(C(=O)c4ccc(-c5nn[nH]n5)cn4)CC3)n2)c(F)c1. The summed E-state index contributed by atoms with van der Waals surface area (Å²) in [5.41, 5.74) is 2.53. The number of hydrogen-bond acceptors (Lipinski definition) is 8. The van der Waals surface area contributed by atoms with E-state index >= 15 is 0 Å². The topological polar surface area (TPSA) is 134 Å². The van der Waals surface area contributed by atoms with Crippen LogP contribution in [-0.4, -0.2) is 54.5 Å². The van der Waals surface area contributed by atoms with Crippen molar-refractivity contribution in [2.24, 2.45) is 0 Å². The fraction of sp³-hybridized carbons (Fsp3) is 0.240. The summed E-state index contributed by atoms with van der Waals surface area (Å²) in [4.78, 5) is 23.6. The molecule has 0 spiro atoms. The Balaban J connectivity index is 1.17. The number of aromatic nitrogens is 6. The van der Waals surface area contributed by atoms with Crippen LogP contribution in [0.1, 0.15) is 46.1 Å². The Kier molecular flexibility index (Phi) is 6.57. The molecule has 180 valence electrons. The summed E-state index contributed by atoms with van der Waals surface area (Å²) in [6, 6.07) is 15.1. The number of tetrazole rings is 1. The van der Waals surface area contributed by atoms with Crippen LogP contribution in [0.4, 0.5) is 4.39 Å². The molecular weight excluding hydrogens is 463 g/mol. The third-order valence-corrected chi connectivity index (χ3v) is 6.09. The van der Waals surface area contributed by atoms with Gasteiger partial charge in [-0.25, -0.2) is 9.37 Å². The Bertz CT molecular complexity index is 1390. The van der Waals surface area contributed by atoms with Crippen LogP contribution in [0.3, 0.4) is 0 Å². The lowest BCUT2D eigenvalue weighted by Crippen LogP contribution is -2.38. The van der Waals surface area contributed by atoms with Gasteiger partial charge in [0, 0.05) is 48.1 Å². The molecule has 1 amide bonds. The first-order chi connectivity index (χ1) is 17.6. The molecule has 0 atom stereocenters. The van der Waals surface area contributed by atoms with Crippen molar-refractivity contribution >= 4 is 5.91 Å². The van der Waals surface area contributed by atoms with Gasteiger partial charge < -0.3 is 9.64 Å². The van der Waals surface area contributed by atoms with Crippen molar-refractivity contribution in [2.75, 3.05) is 13.1 Å². The number of nitrogens with zero attached hydrogens (tertiary/aromatic N) is 7. The molecule has 0 aliphatic carbocycles. The zero-order valence-corrected chi connectivity index (χ0v) is 19.1.